The third-order valence-electron chi connectivity index (χ3n) is 5.55. The van der Waals surface area contributed by atoms with Gasteiger partial charge in [-0.25, -0.2) is 4.79 Å². The average Bonchev–Trinajstić information content (AvgIpc) is 2.91. The van der Waals surface area contributed by atoms with Crippen LogP contribution in [0.4, 0.5) is 11.4 Å². The van der Waals surface area contributed by atoms with Crippen LogP contribution in [0.2, 0.25) is 0 Å². The molecule has 1 fully saturated rings. The molecule has 0 spiro atoms. The minimum atomic E-state index is -1.18. The second-order valence-corrected chi connectivity index (χ2v) is 8.55. The predicted octanol–water partition coefficient (Wildman–Crippen LogP) is 4.10. The number of anilines is 1. The zero-order valence-corrected chi connectivity index (χ0v) is 21.3. The van der Waals surface area contributed by atoms with E-state index in [9.17, 15) is 29.6 Å². The fraction of sp³-hybridized carbons (Fsp3) is 0.111. The third-order valence-corrected chi connectivity index (χ3v) is 5.83. The van der Waals surface area contributed by atoms with Crippen LogP contribution in [0.3, 0.4) is 0 Å². The number of carbonyl (C=O) groups is 3. The van der Waals surface area contributed by atoms with Gasteiger partial charge >= 0.3 is 5.97 Å². The van der Waals surface area contributed by atoms with Gasteiger partial charge in [0.15, 0.2) is 16.6 Å². The van der Waals surface area contributed by atoms with Gasteiger partial charge in [-0.1, -0.05) is 24.3 Å². The first-order valence-corrected chi connectivity index (χ1v) is 12.0. The number of nitrogens with one attached hydrogen (secondary N) is 1. The highest BCUT2D eigenvalue weighted by Crippen LogP contribution is 2.31. The number of hydrogen-bond donors (Lipinski definition) is 2. The Kier molecular flexibility index (Phi) is 7.96. The number of ether oxygens (including phenoxy) is 2. The summed E-state index contributed by atoms with van der Waals surface area (Å²) >= 11 is 5.18. The monoisotopic (exact) mass is 547 g/mol. The Balaban J connectivity index is 1.61. The standard InChI is InChI=1S/C27H21N3O8S/c1-2-37-23-13-16(9-10-22(23)38-15-17-5-3-8-20(11-17)30(35)36)12-21-24(31)28-27(39)29(25(21)32)19-7-4-6-18(14-19)26(33)34/h3-14H,2,15H2,1H3,(H,33,34)(H,28,31,39). The van der Waals surface area contributed by atoms with E-state index in [1.54, 1.807) is 37.3 Å². The van der Waals surface area contributed by atoms with Crippen LogP contribution in [0.15, 0.2) is 72.3 Å². The van der Waals surface area contributed by atoms with E-state index in [0.29, 0.717) is 29.2 Å². The van der Waals surface area contributed by atoms with Crippen LogP contribution in [0.5, 0.6) is 11.5 Å². The number of hydrogen-bond acceptors (Lipinski definition) is 8. The second-order valence-electron chi connectivity index (χ2n) is 8.17. The number of thiocarbonyl (C=S) groups is 1. The van der Waals surface area contributed by atoms with Gasteiger partial charge in [0.05, 0.1) is 22.8 Å². The van der Waals surface area contributed by atoms with Crippen molar-refractivity contribution in [2.45, 2.75) is 13.5 Å². The largest absolute Gasteiger partial charge is 0.490 e. The Hall–Kier alpha value is -5.10. The fourth-order valence-electron chi connectivity index (χ4n) is 3.76. The van der Waals surface area contributed by atoms with Crippen LogP contribution in [0.1, 0.15) is 28.4 Å². The maximum Gasteiger partial charge on any atom is 0.335 e. The number of carbonyl (C=O) groups excluding carboxylic acids is 2. The van der Waals surface area contributed by atoms with E-state index in [2.05, 4.69) is 5.32 Å². The molecule has 12 heteroatoms. The van der Waals surface area contributed by atoms with Gasteiger partial charge in [-0.15, -0.1) is 0 Å². The SMILES string of the molecule is CCOc1cc(C=C2C(=O)NC(=S)N(c3cccc(C(=O)O)c3)C2=O)ccc1OCc1cccc([N+](=O)[O-])c1. The minimum absolute atomic E-state index is 0.0465. The molecular weight excluding hydrogens is 526 g/mol. The van der Waals surface area contributed by atoms with E-state index in [1.807, 2.05) is 0 Å². The highest BCUT2D eigenvalue weighted by molar-refractivity contribution is 7.80. The van der Waals surface area contributed by atoms with Crippen LogP contribution >= 0.6 is 12.2 Å². The number of nitro benzene ring substituents is 1. The summed E-state index contributed by atoms with van der Waals surface area (Å²) in [7, 11) is 0. The van der Waals surface area contributed by atoms with Crippen LogP contribution in [-0.2, 0) is 16.2 Å². The summed E-state index contributed by atoms with van der Waals surface area (Å²) in [4.78, 5) is 48.9. The molecular formula is C27H21N3O8S. The van der Waals surface area contributed by atoms with Gasteiger partial charge in [-0.3, -0.25) is 29.9 Å². The minimum Gasteiger partial charge on any atom is -0.490 e. The van der Waals surface area contributed by atoms with E-state index in [1.165, 1.54) is 42.5 Å². The Morgan fingerprint density at radius 1 is 1.08 bits per heavy atom. The van der Waals surface area contributed by atoms with E-state index in [4.69, 9.17) is 21.7 Å². The number of nitrogens with zero attached hydrogens (tertiary/aromatic N) is 2. The molecule has 3 aromatic carbocycles. The van der Waals surface area contributed by atoms with Crippen molar-refractivity contribution in [3.8, 4) is 11.5 Å². The number of aromatic carboxylic acids is 1. The van der Waals surface area contributed by atoms with Gasteiger partial charge in [0.1, 0.15) is 12.2 Å². The van der Waals surface area contributed by atoms with E-state index in [-0.39, 0.29) is 34.2 Å². The molecule has 4 rings (SSSR count). The lowest BCUT2D eigenvalue weighted by Gasteiger charge is -2.29. The lowest BCUT2D eigenvalue weighted by atomic mass is 10.1. The highest BCUT2D eigenvalue weighted by Gasteiger charge is 2.34. The summed E-state index contributed by atoms with van der Waals surface area (Å²) in [6.07, 6.45) is 1.36. The normalized spacial score (nSPS) is 14.2. The van der Waals surface area contributed by atoms with Crippen molar-refractivity contribution in [1.29, 1.82) is 0 Å². The van der Waals surface area contributed by atoms with Crippen molar-refractivity contribution in [2.24, 2.45) is 0 Å². The van der Waals surface area contributed by atoms with Crippen molar-refractivity contribution in [3.63, 3.8) is 0 Å². The molecule has 0 aromatic heterocycles. The molecule has 2 amide bonds. The van der Waals surface area contributed by atoms with Gasteiger partial charge in [0.25, 0.3) is 17.5 Å². The first-order chi connectivity index (χ1) is 18.7. The van der Waals surface area contributed by atoms with Gasteiger partial charge in [0, 0.05) is 12.1 Å². The Morgan fingerprint density at radius 3 is 2.56 bits per heavy atom. The Labute approximate surface area is 227 Å². The number of carboxylic acids is 1. The molecule has 0 unspecified atom stereocenters. The van der Waals surface area contributed by atoms with Crippen LogP contribution in [-0.4, -0.2) is 39.5 Å². The number of amides is 2. The topological polar surface area (TPSA) is 148 Å². The van der Waals surface area contributed by atoms with Crippen LogP contribution in [0, 0.1) is 10.1 Å². The van der Waals surface area contributed by atoms with Crippen molar-refractivity contribution in [3.05, 3.63) is 99.1 Å². The van der Waals surface area contributed by atoms with Crippen LogP contribution < -0.4 is 19.7 Å². The average molecular weight is 548 g/mol. The van der Waals surface area contributed by atoms with Crippen molar-refractivity contribution < 1.29 is 33.9 Å². The maximum absolute atomic E-state index is 13.3. The first kappa shape index (κ1) is 26.9. The highest BCUT2D eigenvalue weighted by atomic mass is 32.1. The summed E-state index contributed by atoms with van der Waals surface area (Å²) in [5.74, 6) is -1.92. The summed E-state index contributed by atoms with van der Waals surface area (Å²) in [6, 6.07) is 16.5. The molecule has 1 aliphatic heterocycles. The number of nitro groups is 1. The van der Waals surface area contributed by atoms with Gasteiger partial charge in [-0.05, 0) is 66.7 Å². The summed E-state index contributed by atoms with van der Waals surface area (Å²) < 4.78 is 11.5. The van der Waals surface area contributed by atoms with E-state index >= 15 is 0 Å². The number of benzene rings is 3. The molecule has 2 N–H and O–H groups in total. The zero-order chi connectivity index (χ0) is 28.1. The fourth-order valence-corrected chi connectivity index (χ4v) is 4.04. The third kappa shape index (κ3) is 6.08. The number of carboxylic acid groups (broad SMARTS) is 1. The Bertz CT molecular complexity index is 1530. The summed E-state index contributed by atoms with van der Waals surface area (Å²) in [5.41, 5.74) is 0.902. The first-order valence-electron chi connectivity index (χ1n) is 11.6. The number of rotatable bonds is 9. The van der Waals surface area contributed by atoms with Gasteiger partial charge in [-0.2, -0.15) is 0 Å². The lowest BCUT2D eigenvalue weighted by molar-refractivity contribution is -0.384. The maximum atomic E-state index is 13.3. The Morgan fingerprint density at radius 2 is 1.85 bits per heavy atom. The molecule has 1 aliphatic rings. The van der Waals surface area contributed by atoms with Crippen molar-refractivity contribution >= 4 is 52.6 Å². The van der Waals surface area contributed by atoms with Gasteiger partial charge in [0.2, 0.25) is 0 Å². The molecule has 0 aliphatic carbocycles. The molecule has 11 nitrogen and oxygen atoms in total. The molecule has 198 valence electrons. The predicted molar refractivity (Wildman–Crippen MR) is 145 cm³/mol. The summed E-state index contributed by atoms with van der Waals surface area (Å²) in [5, 5.41) is 22.6. The van der Waals surface area contributed by atoms with E-state index < -0.39 is 22.7 Å². The van der Waals surface area contributed by atoms with Gasteiger partial charge < -0.3 is 14.6 Å². The molecule has 1 heterocycles. The van der Waals surface area contributed by atoms with E-state index in [0.717, 1.165) is 4.90 Å². The quantitative estimate of drug-likeness (QED) is 0.133. The molecule has 1 saturated heterocycles. The molecule has 3 aromatic rings. The molecule has 0 bridgehead atoms. The zero-order valence-electron chi connectivity index (χ0n) is 20.5. The number of non-ortho nitro benzene ring substituents is 1. The van der Waals surface area contributed by atoms with Crippen molar-refractivity contribution in [2.75, 3.05) is 11.5 Å². The van der Waals surface area contributed by atoms with Crippen molar-refractivity contribution in [1.82, 2.24) is 5.32 Å². The summed E-state index contributed by atoms with van der Waals surface area (Å²) in [6.45, 7) is 2.12. The molecule has 39 heavy (non-hydrogen) atoms. The lowest BCUT2D eigenvalue weighted by Crippen LogP contribution is -2.54. The molecule has 0 radical (unpaired) electrons. The van der Waals surface area contributed by atoms with Crippen LogP contribution in [0.25, 0.3) is 6.08 Å². The molecule has 0 saturated carbocycles. The molecule has 0 atom stereocenters. The second kappa shape index (κ2) is 11.5. The smallest absolute Gasteiger partial charge is 0.335 e.